The number of nitrogens with zero attached hydrogens (tertiary/aromatic N) is 1. The lowest BCUT2D eigenvalue weighted by Crippen LogP contribution is -1.91. The van der Waals surface area contributed by atoms with Crippen molar-refractivity contribution in [1.82, 2.24) is 4.98 Å². The van der Waals surface area contributed by atoms with Crippen molar-refractivity contribution in [2.24, 2.45) is 5.92 Å². The van der Waals surface area contributed by atoms with Crippen molar-refractivity contribution in [3.63, 3.8) is 0 Å². The lowest BCUT2D eigenvalue weighted by molar-refractivity contribution is -0.112. The Morgan fingerprint density at radius 1 is 1.83 bits per heavy atom. The zero-order valence-electron chi connectivity index (χ0n) is 6.58. The van der Waals surface area contributed by atoms with Gasteiger partial charge in [0.2, 0.25) is 5.24 Å². The number of carbonyl (C=O) groups excluding carboxylic acids is 1. The molecule has 4 heteroatoms. The van der Waals surface area contributed by atoms with Crippen molar-refractivity contribution >= 4 is 28.2 Å². The smallest absolute Gasteiger partial charge is 0.225 e. The minimum absolute atomic E-state index is 0.0391. The molecule has 0 aliphatic heterocycles. The molecule has 1 aromatic heterocycles. The number of hydrogen-bond donors (Lipinski definition) is 0. The minimum atomic E-state index is -0.215. The zero-order valence-corrected chi connectivity index (χ0v) is 8.15. The summed E-state index contributed by atoms with van der Waals surface area (Å²) in [5.74, 6) is 0.353. The molecule has 0 saturated heterocycles. The average Bonchev–Trinajstić information content (AvgIpc) is 2.70. The molecule has 1 aliphatic rings. The molecule has 2 rings (SSSR count). The lowest BCUT2D eigenvalue weighted by atomic mass is 10.3. The summed E-state index contributed by atoms with van der Waals surface area (Å²) in [5, 5.41) is 2.85. The molecule has 1 aliphatic carbocycles. The molecule has 1 heterocycles. The van der Waals surface area contributed by atoms with Gasteiger partial charge >= 0.3 is 0 Å². The van der Waals surface area contributed by atoms with Crippen LogP contribution in [0.2, 0.25) is 0 Å². The van der Waals surface area contributed by atoms with Gasteiger partial charge in [0.1, 0.15) is 0 Å². The number of aromatic nitrogens is 1. The van der Waals surface area contributed by atoms with Crippen molar-refractivity contribution in [1.29, 1.82) is 0 Å². The summed E-state index contributed by atoms with van der Waals surface area (Å²) < 4.78 is 0. The predicted molar refractivity (Wildman–Crippen MR) is 48.6 cm³/mol. The summed E-state index contributed by atoms with van der Waals surface area (Å²) in [6, 6.07) is 0. The van der Waals surface area contributed by atoms with Gasteiger partial charge in [-0.25, -0.2) is 4.98 Å². The van der Waals surface area contributed by atoms with Crippen molar-refractivity contribution in [2.45, 2.75) is 19.3 Å². The number of rotatable bonds is 2. The summed E-state index contributed by atoms with van der Waals surface area (Å²) in [6.45, 7) is 1.96. The molecule has 2 nitrogen and oxygen atoms in total. The van der Waals surface area contributed by atoms with Crippen molar-refractivity contribution in [3.05, 3.63) is 16.1 Å². The molecule has 0 radical (unpaired) electrons. The van der Waals surface area contributed by atoms with Gasteiger partial charge in [0.15, 0.2) is 0 Å². The Bertz CT molecular complexity index is 323. The Labute approximate surface area is 79.6 Å². The molecule has 0 bridgehead atoms. The van der Waals surface area contributed by atoms with Crippen molar-refractivity contribution in [3.8, 4) is 0 Å². The van der Waals surface area contributed by atoms with Crippen LogP contribution in [0.1, 0.15) is 23.0 Å². The van der Waals surface area contributed by atoms with E-state index in [2.05, 4.69) is 4.98 Å². The number of hydrogen-bond acceptors (Lipinski definition) is 3. The molecule has 2 unspecified atom stereocenters. The highest BCUT2D eigenvalue weighted by Crippen LogP contribution is 2.49. The van der Waals surface area contributed by atoms with Crippen LogP contribution in [0.3, 0.4) is 0 Å². The average molecular weight is 202 g/mol. The molecule has 2 atom stereocenters. The Kier molecular flexibility index (Phi) is 1.93. The third-order valence-corrected chi connectivity index (χ3v) is 3.41. The first-order valence-corrected chi connectivity index (χ1v) is 5.05. The third kappa shape index (κ3) is 1.39. The van der Waals surface area contributed by atoms with Crippen LogP contribution < -0.4 is 0 Å². The highest BCUT2D eigenvalue weighted by Gasteiger charge is 2.44. The summed E-state index contributed by atoms with van der Waals surface area (Å²) in [4.78, 5) is 15.1. The van der Waals surface area contributed by atoms with Crippen LogP contribution in [0.25, 0.3) is 0 Å². The fourth-order valence-electron chi connectivity index (χ4n) is 1.26. The summed E-state index contributed by atoms with van der Waals surface area (Å²) in [6.07, 6.45) is 0.884. The van der Waals surface area contributed by atoms with Gasteiger partial charge in [0.25, 0.3) is 0 Å². The van der Waals surface area contributed by atoms with Gasteiger partial charge in [0, 0.05) is 22.9 Å². The van der Waals surface area contributed by atoms with Gasteiger partial charge in [-0.1, -0.05) is 0 Å². The highest BCUT2D eigenvalue weighted by atomic mass is 35.5. The standard InChI is InChI=1S/C8H8ClNOS/c1-4-3-12-8(10-4)6-2-5(6)7(9)11/h3,5-6H,2H2,1H3. The third-order valence-electron chi connectivity index (χ3n) is 2.04. The molecule has 0 spiro atoms. The van der Waals surface area contributed by atoms with Crippen molar-refractivity contribution in [2.75, 3.05) is 0 Å². The van der Waals surface area contributed by atoms with E-state index in [1.165, 1.54) is 0 Å². The maximum atomic E-state index is 10.7. The van der Waals surface area contributed by atoms with Gasteiger partial charge in [-0.2, -0.15) is 0 Å². The zero-order chi connectivity index (χ0) is 8.72. The van der Waals surface area contributed by atoms with E-state index in [1.807, 2.05) is 12.3 Å². The second-order valence-electron chi connectivity index (χ2n) is 3.08. The largest absolute Gasteiger partial charge is 0.281 e. The van der Waals surface area contributed by atoms with Crippen molar-refractivity contribution < 1.29 is 4.79 Å². The van der Waals surface area contributed by atoms with Gasteiger partial charge in [0.05, 0.1) is 5.01 Å². The quantitative estimate of drug-likeness (QED) is 0.688. The highest BCUT2D eigenvalue weighted by molar-refractivity contribution is 7.09. The fourth-order valence-corrected chi connectivity index (χ4v) is 2.48. The van der Waals surface area contributed by atoms with Gasteiger partial charge in [-0.15, -0.1) is 11.3 Å². The van der Waals surface area contributed by atoms with E-state index in [-0.39, 0.29) is 11.2 Å². The van der Waals surface area contributed by atoms with E-state index in [9.17, 15) is 4.79 Å². The Hall–Kier alpha value is -0.410. The SMILES string of the molecule is Cc1csc(C2CC2C(=O)Cl)n1. The second-order valence-corrected chi connectivity index (χ2v) is 4.34. The van der Waals surface area contributed by atoms with Gasteiger partial charge in [-0.3, -0.25) is 4.79 Å². The van der Waals surface area contributed by atoms with E-state index in [0.717, 1.165) is 17.1 Å². The molecule has 0 amide bonds. The normalized spacial score (nSPS) is 27.2. The predicted octanol–water partition coefficient (Wildman–Crippen LogP) is 2.32. The topological polar surface area (TPSA) is 30.0 Å². The number of halogens is 1. The molecule has 0 N–H and O–H groups in total. The first-order valence-electron chi connectivity index (χ1n) is 3.80. The van der Waals surface area contributed by atoms with Crippen LogP contribution in [0.5, 0.6) is 0 Å². The van der Waals surface area contributed by atoms with Crippen LogP contribution >= 0.6 is 22.9 Å². The Morgan fingerprint density at radius 3 is 3.00 bits per heavy atom. The molecule has 1 saturated carbocycles. The van der Waals surface area contributed by atoms with Gasteiger partial charge < -0.3 is 0 Å². The summed E-state index contributed by atoms with van der Waals surface area (Å²) in [5.41, 5.74) is 1.03. The summed E-state index contributed by atoms with van der Waals surface area (Å²) >= 11 is 6.98. The lowest BCUT2D eigenvalue weighted by Gasteiger charge is -1.88. The first kappa shape index (κ1) is 8.20. The molecule has 0 aromatic carbocycles. The molecule has 64 valence electrons. The molecular formula is C8H8ClNOS. The maximum Gasteiger partial charge on any atom is 0.225 e. The van der Waals surface area contributed by atoms with E-state index in [1.54, 1.807) is 11.3 Å². The Balaban J connectivity index is 2.10. The first-order chi connectivity index (χ1) is 5.68. The number of thiazole rings is 1. The minimum Gasteiger partial charge on any atom is -0.281 e. The number of aryl methyl sites for hydroxylation is 1. The fraction of sp³-hybridized carbons (Fsp3) is 0.500. The van der Waals surface area contributed by atoms with Crippen LogP contribution in [0.4, 0.5) is 0 Å². The van der Waals surface area contributed by atoms with E-state index in [0.29, 0.717) is 5.92 Å². The van der Waals surface area contributed by atoms with Crippen LogP contribution in [0.15, 0.2) is 5.38 Å². The number of carbonyl (C=O) groups is 1. The van der Waals surface area contributed by atoms with E-state index < -0.39 is 0 Å². The van der Waals surface area contributed by atoms with Crippen LogP contribution in [-0.4, -0.2) is 10.2 Å². The summed E-state index contributed by atoms with van der Waals surface area (Å²) in [7, 11) is 0. The molecule has 1 fully saturated rings. The second kappa shape index (κ2) is 2.82. The van der Waals surface area contributed by atoms with Crippen LogP contribution in [-0.2, 0) is 4.79 Å². The maximum absolute atomic E-state index is 10.7. The van der Waals surface area contributed by atoms with E-state index in [4.69, 9.17) is 11.6 Å². The van der Waals surface area contributed by atoms with Gasteiger partial charge in [-0.05, 0) is 24.9 Å². The Morgan fingerprint density at radius 2 is 2.58 bits per heavy atom. The molecular weight excluding hydrogens is 194 g/mol. The van der Waals surface area contributed by atoms with Crippen LogP contribution in [0, 0.1) is 12.8 Å². The molecule has 12 heavy (non-hydrogen) atoms. The molecule has 1 aromatic rings. The monoisotopic (exact) mass is 201 g/mol. The van der Waals surface area contributed by atoms with E-state index >= 15 is 0 Å².